The first-order chi connectivity index (χ1) is 13.1. The Balaban J connectivity index is 1.95. The summed E-state index contributed by atoms with van der Waals surface area (Å²) in [4.78, 5) is 15.9. The number of nitrogens with zero attached hydrogens (tertiary/aromatic N) is 1. The summed E-state index contributed by atoms with van der Waals surface area (Å²) in [5.74, 6) is -1.25. The van der Waals surface area contributed by atoms with Gasteiger partial charge in [0.05, 0.1) is 5.56 Å². The van der Waals surface area contributed by atoms with Crippen LogP contribution in [0.4, 0.5) is 21.7 Å². The van der Waals surface area contributed by atoms with Gasteiger partial charge in [-0.1, -0.05) is 42.5 Å². The van der Waals surface area contributed by atoms with Crippen molar-refractivity contribution < 1.29 is 9.18 Å². The van der Waals surface area contributed by atoms with Crippen molar-refractivity contribution in [1.82, 2.24) is 4.98 Å². The molecular formula is C20H20FN5O. The third kappa shape index (κ3) is 4.39. The summed E-state index contributed by atoms with van der Waals surface area (Å²) in [7, 11) is 0. The van der Waals surface area contributed by atoms with Gasteiger partial charge in [0.25, 0.3) is 5.91 Å². The van der Waals surface area contributed by atoms with Crippen LogP contribution in [0.1, 0.15) is 10.4 Å². The zero-order valence-corrected chi connectivity index (χ0v) is 14.6. The fourth-order valence-corrected chi connectivity index (χ4v) is 2.63. The van der Waals surface area contributed by atoms with Gasteiger partial charge in [0.15, 0.2) is 11.6 Å². The molecule has 0 atom stereocenters. The van der Waals surface area contributed by atoms with E-state index in [9.17, 15) is 9.18 Å². The van der Waals surface area contributed by atoms with E-state index in [1.54, 1.807) is 0 Å². The Morgan fingerprint density at radius 3 is 2.44 bits per heavy atom. The summed E-state index contributed by atoms with van der Waals surface area (Å²) in [6, 6.07) is 18.5. The summed E-state index contributed by atoms with van der Waals surface area (Å²) < 4.78 is 14.1. The Bertz CT molecular complexity index is 946. The van der Waals surface area contributed by atoms with Crippen LogP contribution in [0.15, 0.2) is 60.7 Å². The van der Waals surface area contributed by atoms with E-state index in [4.69, 9.17) is 11.5 Å². The zero-order valence-electron chi connectivity index (χ0n) is 14.6. The third-order valence-corrected chi connectivity index (χ3v) is 3.91. The van der Waals surface area contributed by atoms with E-state index in [1.165, 1.54) is 0 Å². The van der Waals surface area contributed by atoms with Gasteiger partial charge in [0, 0.05) is 18.8 Å². The molecule has 3 aromatic rings. The van der Waals surface area contributed by atoms with Crippen LogP contribution in [0.2, 0.25) is 0 Å². The number of hydrogen-bond donors (Lipinski definition) is 4. The van der Waals surface area contributed by atoms with Crippen LogP contribution < -0.4 is 22.1 Å². The lowest BCUT2D eigenvalue weighted by Crippen LogP contribution is -2.18. The van der Waals surface area contributed by atoms with Gasteiger partial charge in [-0.15, -0.1) is 0 Å². The molecule has 27 heavy (non-hydrogen) atoms. The second kappa shape index (κ2) is 8.29. The molecule has 0 radical (unpaired) electrons. The van der Waals surface area contributed by atoms with E-state index in [2.05, 4.69) is 15.6 Å². The van der Waals surface area contributed by atoms with Gasteiger partial charge >= 0.3 is 0 Å². The van der Waals surface area contributed by atoms with Gasteiger partial charge in [-0.3, -0.25) is 4.79 Å². The lowest BCUT2D eigenvalue weighted by Gasteiger charge is -2.14. The number of primary amides is 1. The van der Waals surface area contributed by atoms with Crippen molar-refractivity contribution in [3.8, 4) is 11.1 Å². The molecule has 1 heterocycles. The van der Waals surface area contributed by atoms with Crippen LogP contribution in [0.3, 0.4) is 0 Å². The van der Waals surface area contributed by atoms with Crippen LogP contribution in [0.25, 0.3) is 11.1 Å². The molecule has 0 bridgehead atoms. The van der Waals surface area contributed by atoms with Gasteiger partial charge in [0.1, 0.15) is 5.82 Å². The molecule has 0 spiro atoms. The summed E-state index contributed by atoms with van der Waals surface area (Å²) in [5, 5.41) is 5.85. The molecule has 0 aliphatic rings. The maximum Gasteiger partial charge on any atom is 0.252 e. The van der Waals surface area contributed by atoms with E-state index in [0.29, 0.717) is 18.8 Å². The quantitative estimate of drug-likeness (QED) is 0.515. The SMILES string of the molecule is NCCNc1nc(Nc2cccc(-c3ccccc3)c2)c(C(N)=O)cc1F. The molecule has 0 saturated heterocycles. The van der Waals surface area contributed by atoms with Crippen molar-refractivity contribution in [2.75, 3.05) is 23.7 Å². The lowest BCUT2D eigenvalue weighted by atomic mass is 10.1. The summed E-state index contributed by atoms with van der Waals surface area (Å²) in [5.41, 5.74) is 13.5. The highest BCUT2D eigenvalue weighted by molar-refractivity contribution is 5.98. The number of benzene rings is 2. The Morgan fingerprint density at radius 2 is 1.74 bits per heavy atom. The van der Waals surface area contributed by atoms with E-state index in [0.717, 1.165) is 17.2 Å². The Labute approximate surface area is 156 Å². The Morgan fingerprint density at radius 1 is 1.00 bits per heavy atom. The number of nitrogens with one attached hydrogen (secondary N) is 2. The molecule has 3 rings (SSSR count). The first-order valence-electron chi connectivity index (χ1n) is 8.45. The lowest BCUT2D eigenvalue weighted by molar-refractivity contribution is 0.100. The average Bonchev–Trinajstić information content (AvgIpc) is 2.68. The summed E-state index contributed by atoms with van der Waals surface area (Å²) in [6.45, 7) is 0.670. The number of pyridine rings is 1. The van der Waals surface area contributed by atoms with Crippen LogP contribution in [0.5, 0.6) is 0 Å². The second-order valence-corrected chi connectivity index (χ2v) is 5.87. The number of carbonyl (C=O) groups excluding carboxylic acids is 1. The fourth-order valence-electron chi connectivity index (χ4n) is 2.63. The zero-order chi connectivity index (χ0) is 19.2. The molecule has 0 unspecified atom stereocenters. The minimum absolute atomic E-state index is 0.00663. The highest BCUT2D eigenvalue weighted by Crippen LogP contribution is 2.27. The van der Waals surface area contributed by atoms with E-state index in [-0.39, 0.29) is 17.2 Å². The number of anilines is 3. The van der Waals surface area contributed by atoms with Crippen molar-refractivity contribution in [2.24, 2.45) is 11.5 Å². The van der Waals surface area contributed by atoms with Crippen molar-refractivity contribution in [1.29, 1.82) is 0 Å². The molecule has 1 aromatic heterocycles. The molecule has 6 N–H and O–H groups in total. The smallest absolute Gasteiger partial charge is 0.252 e. The van der Waals surface area contributed by atoms with Crippen LogP contribution in [-0.4, -0.2) is 24.0 Å². The fraction of sp³-hybridized carbons (Fsp3) is 0.100. The Kier molecular flexibility index (Phi) is 5.63. The topological polar surface area (TPSA) is 106 Å². The third-order valence-electron chi connectivity index (χ3n) is 3.91. The molecule has 2 aromatic carbocycles. The van der Waals surface area contributed by atoms with E-state index in [1.807, 2.05) is 54.6 Å². The summed E-state index contributed by atoms with van der Waals surface area (Å²) >= 11 is 0. The van der Waals surface area contributed by atoms with Crippen LogP contribution >= 0.6 is 0 Å². The highest BCUT2D eigenvalue weighted by Gasteiger charge is 2.16. The molecule has 0 saturated carbocycles. The van der Waals surface area contributed by atoms with Crippen molar-refractivity contribution in [3.63, 3.8) is 0 Å². The van der Waals surface area contributed by atoms with Gasteiger partial charge in [0.2, 0.25) is 0 Å². The average molecular weight is 365 g/mol. The molecular weight excluding hydrogens is 345 g/mol. The largest absolute Gasteiger partial charge is 0.366 e. The molecule has 1 amide bonds. The monoisotopic (exact) mass is 365 g/mol. The van der Waals surface area contributed by atoms with Gasteiger partial charge < -0.3 is 22.1 Å². The first kappa shape index (κ1) is 18.3. The number of aromatic nitrogens is 1. The predicted octanol–water partition coefficient (Wildman–Crippen LogP) is 3.10. The minimum Gasteiger partial charge on any atom is -0.366 e. The molecule has 7 heteroatoms. The predicted molar refractivity (Wildman–Crippen MR) is 105 cm³/mol. The van der Waals surface area contributed by atoms with E-state index < -0.39 is 11.7 Å². The number of nitrogens with two attached hydrogens (primary N) is 2. The molecule has 0 aliphatic heterocycles. The standard InChI is InChI=1S/C20H20FN5O/c21-17-12-16(18(23)27)19(26-20(17)24-10-9-22)25-15-8-4-7-14(11-15)13-5-2-1-3-6-13/h1-8,11-12H,9-10,22H2,(H2,23,27)(H2,24,25,26). The normalized spacial score (nSPS) is 10.4. The van der Waals surface area contributed by atoms with Crippen molar-refractivity contribution >= 4 is 23.2 Å². The van der Waals surface area contributed by atoms with E-state index >= 15 is 0 Å². The van der Waals surface area contributed by atoms with Crippen LogP contribution in [0, 0.1) is 5.82 Å². The maximum atomic E-state index is 14.1. The molecule has 6 nitrogen and oxygen atoms in total. The molecule has 0 aliphatic carbocycles. The number of carbonyl (C=O) groups is 1. The number of halogens is 1. The number of hydrogen-bond acceptors (Lipinski definition) is 5. The van der Waals surface area contributed by atoms with Gasteiger partial charge in [-0.2, -0.15) is 0 Å². The Hall–Kier alpha value is -3.45. The summed E-state index contributed by atoms with van der Waals surface area (Å²) in [6.07, 6.45) is 0. The molecule has 0 fully saturated rings. The highest BCUT2D eigenvalue weighted by atomic mass is 19.1. The number of rotatable bonds is 7. The number of amides is 1. The first-order valence-corrected chi connectivity index (χ1v) is 8.45. The van der Waals surface area contributed by atoms with Crippen molar-refractivity contribution in [2.45, 2.75) is 0 Å². The van der Waals surface area contributed by atoms with Gasteiger partial charge in [-0.05, 0) is 29.3 Å². The minimum atomic E-state index is -0.770. The van der Waals surface area contributed by atoms with Crippen LogP contribution in [-0.2, 0) is 0 Å². The maximum absolute atomic E-state index is 14.1. The molecule has 138 valence electrons. The van der Waals surface area contributed by atoms with Crippen molar-refractivity contribution in [3.05, 3.63) is 72.0 Å². The van der Waals surface area contributed by atoms with Gasteiger partial charge in [-0.25, -0.2) is 9.37 Å². The second-order valence-electron chi connectivity index (χ2n) is 5.87.